The zero-order valence-electron chi connectivity index (χ0n) is 32.3. The molecular weight excluding hydrogens is 736 g/mol. The first-order chi connectivity index (χ1) is 26.2. The van der Waals surface area contributed by atoms with Gasteiger partial charge in [0, 0.05) is 6.42 Å². The van der Waals surface area contributed by atoms with Crippen LogP contribution in [-0.2, 0) is 44.8 Å². The van der Waals surface area contributed by atoms with Gasteiger partial charge >= 0.3 is 11.9 Å². The molecular formula is C36H58N8O12. The van der Waals surface area contributed by atoms with Gasteiger partial charge in [-0.15, -0.1) is 0 Å². The number of carboxylic acids is 2. The molecule has 0 heterocycles. The molecule has 20 nitrogen and oxygen atoms in total. The summed E-state index contributed by atoms with van der Waals surface area (Å²) < 4.78 is 0. The monoisotopic (exact) mass is 794 g/mol. The molecule has 6 amide bonds. The van der Waals surface area contributed by atoms with Crippen molar-refractivity contribution in [3.63, 3.8) is 0 Å². The Bertz CT molecular complexity index is 1490. The largest absolute Gasteiger partial charge is 0.481 e. The van der Waals surface area contributed by atoms with Crippen molar-refractivity contribution < 1.29 is 58.8 Å². The van der Waals surface area contributed by atoms with E-state index in [9.17, 15) is 53.7 Å². The SMILES string of the molecule is CC(C)C[C@H](NC(=O)[C@@H](NC(=O)[C@H](Cc1ccccc1)NC(=O)[C@H](C)NC(=O)[C@@H](N)CC(=O)O)[C@@H](C)O)C(=O)N[C@@H](CCCCN)C(=O)N[C@H](C(=O)O)[C@@H](C)O. The summed E-state index contributed by atoms with van der Waals surface area (Å²) in [6.07, 6.45) is -2.87. The van der Waals surface area contributed by atoms with Gasteiger partial charge in [-0.2, -0.15) is 0 Å². The number of carboxylic acid groups (broad SMARTS) is 2. The molecule has 0 aromatic heterocycles. The van der Waals surface area contributed by atoms with Gasteiger partial charge in [0.2, 0.25) is 35.4 Å². The van der Waals surface area contributed by atoms with Crippen molar-refractivity contribution in [2.75, 3.05) is 6.54 Å². The second-order valence-corrected chi connectivity index (χ2v) is 14.0. The van der Waals surface area contributed by atoms with Gasteiger partial charge in [0.15, 0.2) is 6.04 Å². The zero-order chi connectivity index (χ0) is 42.7. The van der Waals surface area contributed by atoms with E-state index in [1.807, 2.05) is 0 Å². The topological polar surface area (TPSA) is 342 Å². The van der Waals surface area contributed by atoms with E-state index in [0.29, 0.717) is 18.4 Å². The van der Waals surface area contributed by atoms with Gasteiger partial charge in [0.05, 0.1) is 24.7 Å². The number of benzene rings is 1. The van der Waals surface area contributed by atoms with Crippen molar-refractivity contribution in [2.24, 2.45) is 17.4 Å². The van der Waals surface area contributed by atoms with Crippen LogP contribution in [0.15, 0.2) is 30.3 Å². The van der Waals surface area contributed by atoms with Crippen molar-refractivity contribution in [1.29, 1.82) is 0 Å². The number of hydrogen-bond acceptors (Lipinski definition) is 12. The smallest absolute Gasteiger partial charge is 0.328 e. The van der Waals surface area contributed by atoms with Gasteiger partial charge in [0.25, 0.3) is 0 Å². The molecule has 0 radical (unpaired) electrons. The molecule has 0 saturated carbocycles. The lowest BCUT2D eigenvalue weighted by atomic mass is 10.0. The summed E-state index contributed by atoms with van der Waals surface area (Å²) in [5.74, 6) is -8.42. The molecule has 1 aromatic carbocycles. The molecule has 56 heavy (non-hydrogen) atoms. The first-order valence-electron chi connectivity index (χ1n) is 18.3. The number of rotatable bonds is 25. The maximum atomic E-state index is 13.7. The van der Waals surface area contributed by atoms with Gasteiger partial charge in [-0.25, -0.2) is 4.79 Å². The fraction of sp³-hybridized carbons (Fsp3) is 0.611. The fourth-order valence-corrected chi connectivity index (χ4v) is 5.32. The lowest BCUT2D eigenvalue weighted by Crippen LogP contribution is -2.62. The Hall–Kier alpha value is -5.18. The number of nitrogens with two attached hydrogens (primary N) is 2. The van der Waals surface area contributed by atoms with Gasteiger partial charge in [0.1, 0.15) is 30.2 Å². The molecule has 14 N–H and O–H groups in total. The maximum Gasteiger partial charge on any atom is 0.328 e. The molecule has 0 aliphatic rings. The molecule has 0 bridgehead atoms. The molecule has 0 fully saturated rings. The molecule has 1 rings (SSSR count). The highest BCUT2D eigenvalue weighted by Crippen LogP contribution is 2.10. The molecule has 0 aliphatic carbocycles. The molecule has 0 saturated heterocycles. The van der Waals surface area contributed by atoms with Gasteiger partial charge in [-0.1, -0.05) is 44.2 Å². The van der Waals surface area contributed by atoms with Crippen LogP contribution in [0.1, 0.15) is 72.3 Å². The van der Waals surface area contributed by atoms with Crippen LogP contribution in [0, 0.1) is 5.92 Å². The zero-order valence-corrected chi connectivity index (χ0v) is 32.3. The van der Waals surface area contributed by atoms with Gasteiger partial charge in [-0.3, -0.25) is 33.6 Å². The molecule has 1 aromatic rings. The van der Waals surface area contributed by atoms with Gasteiger partial charge in [-0.05, 0) is 64.5 Å². The Morgan fingerprint density at radius 1 is 0.625 bits per heavy atom. The number of nitrogens with one attached hydrogen (secondary N) is 6. The molecule has 20 heteroatoms. The number of carbonyl (C=O) groups excluding carboxylic acids is 6. The van der Waals surface area contributed by atoms with Crippen LogP contribution in [0.5, 0.6) is 0 Å². The molecule has 314 valence electrons. The summed E-state index contributed by atoms with van der Waals surface area (Å²) in [5.41, 5.74) is 11.8. The van der Waals surface area contributed by atoms with Crippen LogP contribution in [0.25, 0.3) is 0 Å². The minimum Gasteiger partial charge on any atom is -0.481 e. The lowest BCUT2D eigenvalue weighted by molar-refractivity contribution is -0.145. The second kappa shape index (κ2) is 24.4. The van der Waals surface area contributed by atoms with E-state index in [1.54, 1.807) is 44.2 Å². The fourth-order valence-electron chi connectivity index (χ4n) is 5.32. The summed E-state index contributed by atoms with van der Waals surface area (Å²) in [7, 11) is 0. The first kappa shape index (κ1) is 48.8. The highest BCUT2D eigenvalue weighted by atomic mass is 16.4. The van der Waals surface area contributed by atoms with Crippen LogP contribution in [0.2, 0.25) is 0 Å². The third-order valence-corrected chi connectivity index (χ3v) is 8.43. The Kier molecular flexibility index (Phi) is 21.2. The van der Waals surface area contributed by atoms with Crippen LogP contribution < -0.4 is 43.4 Å². The number of amides is 6. The number of aliphatic carboxylic acids is 2. The normalized spacial score (nSPS) is 16.0. The third kappa shape index (κ3) is 17.5. The van der Waals surface area contributed by atoms with E-state index in [4.69, 9.17) is 16.6 Å². The number of unbranched alkanes of at least 4 members (excludes halogenated alkanes) is 1. The predicted molar refractivity (Wildman–Crippen MR) is 201 cm³/mol. The van der Waals surface area contributed by atoms with Crippen molar-refractivity contribution in [3.8, 4) is 0 Å². The standard InChI is InChI=1S/C36H58N8O12/c1-18(2)15-25(33(52)40-24(13-9-10-14-37)32(51)44-29(21(5)46)36(55)56)42-35(54)28(20(4)45)43-34(53)26(16-22-11-7-6-8-12-22)41-30(49)19(3)39-31(50)23(38)17-27(47)48/h6-8,11-12,18-21,23-26,28-29,45-46H,9-10,13-17,37-38H2,1-5H3,(H,39,50)(H,40,52)(H,41,49)(H,42,54)(H,43,53)(H,44,51)(H,47,48)(H,55,56)/t19-,20+,21+,23-,24-,25-,26-,28-,29-/m0/s1. The van der Waals surface area contributed by atoms with Crippen molar-refractivity contribution in [1.82, 2.24) is 31.9 Å². The van der Waals surface area contributed by atoms with Crippen LogP contribution >= 0.6 is 0 Å². The number of aliphatic hydroxyl groups is 2. The summed E-state index contributed by atoms with van der Waals surface area (Å²) in [6, 6.07) is -1.57. The maximum absolute atomic E-state index is 13.7. The van der Waals surface area contributed by atoms with E-state index < -0.39 is 108 Å². The second-order valence-electron chi connectivity index (χ2n) is 14.0. The van der Waals surface area contributed by atoms with E-state index in [-0.39, 0.29) is 31.7 Å². The van der Waals surface area contributed by atoms with Crippen LogP contribution in [0.3, 0.4) is 0 Å². The van der Waals surface area contributed by atoms with Crippen molar-refractivity contribution in [2.45, 2.75) is 128 Å². The first-order valence-corrected chi connectivity index (χ1v) is 18.3. The molecule has 9 atom stereocenters. The van der Waals surface area contributed by atoms with Crippen LogP contribution in [0.4, 0.5) is 0 Å². The predicted octanol–water partition coefficient (Wildman–Crippen LogP) is -3.02. The van der Waals surface area contributed by atoms with Crippen LogP contribution in [-0.4, -0.2) is 129 Å². The average molecular weight is 795 g/mol. The van der Waals surface area contributed by atoms with Crippen molar-refractivity contribution in [3.05, 3.63) is 35.9 Å². The van der Waals surface area contributed by atoms with E-state index in [0.717, 1.165) is 0 Å². The molecule has 0 unspecified atom stereocenters. The Labute approximate surface area is 325 Å². The van der Waals surface area contributed by atoms with Gasteiger partial charge < -0.3 is 63.8 Å². The Morgan fingerprint density at radius 2 is 1.14 bits per heavy atom. The van der Waals surface area contributed by atoms with E-state index in [2.05, 4.69) is 31.9 Å². The highest BCUT2D eigenvalue weighted by Gasteiger charge is 2.35. The minimum atomic E-state index is -1.67. The van der Waals surface area contributed by atoms with E-state index >= 15 is 0 Å². The third-order valence-electron chi connectivity index (χ3n) is 8.43. The summed E-state index contributed by atoms with van der Waals surface area (Å²) in [5, 5.41) is 53.3. The Balaban J connectivity index is 3.29. The quantitative estimate of drug-likeness (QED) is 0.0439. The summed E-state index contributed by atoms with van der Waals surface area (Å²) in [6.45, 7) is 7.46. The number of carbonyl (C=O) groups is 8. The summed E-state index contributed by atoms with van der Waals surface area (Å²) in [4.78, 5) is 102. The van der Waals surface area contributed by atoms with Crippen molar-refractivity contribution >= 4 is 47.4 Å². The molecule has 0 spiro atoms. The minimum absolute atomic E-state index is 0.0348. The van der Waals surface area contributed by atoms with E-state index in [1.165, 1.54) is 20.8 Å². The summed E-state index contributed by atoms with van der Waals surface area (Å²) >= 11 is 0. The number of aliphatic hydroxyl groups excluding tert-OH is 2. The lowest BCUT2D eigenvalue weighted by Gasteiger charge is -2.29. The number of hydrogen-bond donors (Lipinski definition) is 12. The highest BCUT2D eigenvalue weighted by molar-refractivity contribution is 5.97. The molecule has 0 aliphatic heterocycles. The average Bonchev–Trinajstić information content (AvgIpc) is 3.10. The Morgan fingerprint density at radius 3 is 1.66 bits per heavy atom.